The van der Waals surface area contributed by atoms with Gasteiger partial charge in [-0.1, -0.05) is 55.8 Å². The summed E-state index contributed by atoms with van der Waals surface area (Å²) < 4.78 is 26.2. The van der Waals surface area contributed by atoms with Gasteiger partial charge in [-0.05, 0) is 43.1 Å². The van der Waals surface area contributed by atoms with E-state index in [0.29, 0.717) is 5.92 Å². The van der Waals surface area contributed by atoms with Crippen molar-refractivity contribution in [2.24, 2.45) is 5.92 Å². The van der Waals surface area contributed by atoms with Crippen molar-refractivity contribution in [3.05, 3.63) is 64.7 Å². The van der Waals surface area contributed by atoms with Crippen LogP contribution >= 0.6 is 11.6 Å². The van der Waals surface area contributed by atoms with Crippen molar-refractivity contribution in [2.75, 3.05) is 7.05 Å². The average molecular weight is 395 g/mol. The first-order valence-electron chi connectivity index (χ1n) is 8.33. The van der Waals surface area contributed by atoms with Gasteiger partial charge in [0.1, 0.15) is 0 Å². The number of sulfonamides is 1. The van der Waals surface area contributed by atoms with E-state index in [1.54, 1.807) is 0 Å². The Bertz CT molecular complexity index is 868. The number of rotatable bonds is 7. The molecule has 0 spiro atoms. The van der Waals surface area contributed by atoms with Gasteiger partial charge >= 0.3 is 0 Å². The van der Waals surface area contributed by atoms with Gasteiger partial charge in [0.25, 0.3) is 5.91 Å². The van der Waals surface area contributed by atoms with Crippen LogP contribution in [0.3, 0.4) is 0 Å². The largest absolute Gasteiger partial charge is 0.345 e. The van der Waals surface area contributed by atoms with Gasteiger partial charge in [-0.15, -0.1) is 0 Å². The molecule has 5 nitrogen and oxygen atoms in total. The van der Waals surface area contributed by atoms with Crippen molar-refractivity contribution in [2.45, 2.75) is 31.2 Å². The molecule has 7 heteroatoms. The second-order valence-electron chi connectivity index (χ2n) is 6.42. The Morgan fingerprint density at radius 2 is 1.77 bits per heavy atom. The number of nitrogens with one attached hydrogen (secondary N) is 2. The van der Waals surface area contributed by atoms with Crippen LogP contribution < -0.4 is 10.0 Å². The van der Waals surface area contributed by atoms with Gasteiger partial charge in [-0.2, -0.15) is 0 Å². The van der Waals surface area contributed by atoms with E-state index in [-0.39, 0.29) is 21.5 Å². The number of hydrogen-bond donors (Lipinski definition) is 2. The maximum absolute atomic E-state index is 12.8. The predicted molar refractivity (Wildman–Crippen MR) is 104 cm³/mol. The average Bonchev–Trinajstić information content (AvgIpc) is 2.61. The van der Waals surface area contributed by atoms with Gasteiger partial charge in [0, 0.05) is 0 Å². The fourth-order valence-corrected chi connectivity index (χ4v) is 3.59. The van der Waals surface area contributed by atoms with Crippen LogP contribution in [0.25, 0.3) is 0 Å². The second kappa shape index (κ2) is 8.66. The first kappa shape index (κ1) is 20.4. The Hall–Kier alpha value is -1.89. The van der Waals surface area contributed by atoms with Crippen LogP contribution in [0.4, 0.5) is 0 Å². The van der Waals surface area contributed by atoms with E-state index in [1.165, 1.54) is 25.2 Å². The molecule has 0 fully saturated rings. The highest BCUT2D eigenvalue weighted by molar-refractivity contribution is 7.89. The minimum Gasteiger partial charge on any atom is -0.345 e. The zero-order chi connectivity index (χ0) is 19.3. The zero-order valence-corrected chi connectivity index (χ0v) is 16.6. The molecule has 2 N–H and O–H groups in total. The predicted octanol–water partition coefficient (Wildman–Crippen LogP) is 3.77. The molecule has 0 saturated carbocycles. The Labute approximate surface area is 159 Å². The van der Waals surface area contributed by atoms with Gasteiger partial charge < -0.3 is 5.32 Å². The summed E-state index contributed by atoms with van der Waals surface area (Å²) in [5.41, 5.74) is 1.12. The smallest absolute Gasteiger partial charge is 0.253 e. The third-order valence-electron chi connectivity index (χ3n) is 3.98. The molecule has 0 saturated heterocycles. The summed E-state index contributed by atoms with van der Waals surface area (Å²) in [6, 6.07) is 13.6. The van der Waals surface area contributed by atoms with Gasteiger partial charge in [-0.25, -0.2) is 13.1 Å². The first-order valence-corrected chi connectivity index (χ1v) is 10.2. The highest BCUT2D eigenvalue weighted by Gasteiger charge is 2.21. The Morgan fingerprint density at radius 1 is 1.12 bits per heavy atom. The third kappa shape index (κ3) is 5.06. The lowest BCUT2D eigenvalue weighted by atomic mass is 9.96. The molecule has 2 rings (SSSR count). The highest BCUT2D eigenvalue weighted by Crippen LogP contribution is 2.24. The topological polar surface area (TPSA) is 75.3 Å². The van der Waals surface area contributed by atoms with Crippen LogP contribution in [0, 0.1) is 5.92 Å². The summed E-state index contributed by atoms with van der Waals surface area (Å²) in [5, 5.41) is 3.18. The molecule has 1 amide bonds. The summed E-state index contributed by atoms with van der Waals surface area (Å²) in [5.74, 6) is -0.0374. The number of benzene rings is 2. The van der Waals surface area contributed by atoms with Crippen LogP contribution in [0.5, 0.6) is 0 Å². The van der Waals surface area contributed by atoms with E-state index in [2.05, 4.69) is 23.9 Å². The van der Waals surface area contributed by atoms with Gasteiger partial charge in [0.05, 0.1) is 21.5 Å². The Morgan fingerprint density at radius 3 is 2.35 bits per heavy atom. The maximum atomic E-state index is 12.8. The molecule has 140 valence electrons. The lowest BCUT2D eigenvalue weighted by Crippen LogP contribution is -2.30. The van der Waals surface area contributed by atoms with Crippen molar-refractivity contribution in [3.8, 4) is 0 Å². The molecule has 1 atom stereocenters. The molecular formula is C19H23ClN2O3S. The van der Waals surface area contributed by atoms with Crippen molar-refractivity contribution in [3.63, 3.8) is 0 Å². The number of halogens is 1. The lowest BCUT2D eigenvalue weighted by molar-refractivity contribution is 0.0932. The van der Waals surface area contributed by atoms with E-state index in [0.717, 1.165) is 12.0 Å². The van der Waals surface area contributed by atoms with E-state index in [1.807, 2.05) is 30.3 Å². The van der Waals surface area contributed by atoms with Crippen LogP contribution in [0.15, 0.2) is 53.4 Å². The fourth-order valence-electron chi connectivity index (χ4n) is 2.63. The number of hydrogen-bond acceptors (Lipinski definition) is 3. The molecule has 0 aromatic heterocycles. The monoisotopic (exact) mass is 394 g/mol. The normalized spacial score (nSPS) is 12.8. The zero-order valence-electron chi connectivity index (χ0n) is 15.0. The van der Waals surface area contributed by atoms with Crippen LogP contribution in [-0.2, 0) is 10.0 Å². The van der Waals surface area contributed by atoms with Crippen molar-refractivity contribution >= 4 is 27.5 Å². The molecule has 1 unspecified atom stereocenters. The summed E-state index contributed by atoms with van der Waals surface area (Å²) in [7, 11) is -2.34. The number of carbonyl (C=O) groups is 1. The van der Waals surface area contributed by atoms with E-state index in [4.69, 9.17) is 11.6 Å². The summed E-state index contributed by atoms with van der Waals surface area (Å²) in [4.78, 5) is 12.8. The van der Waals surface area contributed by atoms with Crippen molar-refractivity contribution < 1.29 is 13.2 Å². The standard InChI is InChI=1S/C19H23ClN2O3S/c1-13(2)11-18(14-7-5-4-6-8-14)22-19(23)16-12-15(9-10-17(16)20)26(24,25)21-3/h4-10,12-13,18,21H,11H2,1-3H3,(H,22,23). The lowest BCUT2D eigenvalue weighted by Gasteiger charge is -2.21. The first-order chi connectivity index (χ1) is 12.2. The molecular weight excluding hydrogens is 372 g/mol. The van der Waals surface area contributed by atoms with Gasteiger partial charge in [0.15, 0.2) is 0 Å². The van der Waals surface area contributed by atoms with Gasteiger partial charge in [-0.3, -0.25) is 4.79 Å². The van der Waals surface area contributed by atoms with Crippen molar-refractivity contribution in [1.82, 2.24) is 10.0 Å². The third-order valence-corrected chi connectivity index (χ3v) is 5.72. The molecule has 0 bridgehead atoms. The SMILES string of the molecule is CNS(=O)(=O)c1ccc(Cl)c(C(=O)NC(CC(C)C)c2ccccc2)c1. The van der Waals surface area contributed by atoms with E-state index in [9.17, 15) is 13.2 Å². The molecule has 0 aliphatic heterocycles. The fraction of sp³-hybridized carbons (Fsp3) is 0.316. The molecule has 0 aliphatic carbocycles. The van der Waals surface area contributed by atoms with Crippen molar-refractivity contribution in [1.29, 1.82) is 0 Å². The molecule has 2 aromatic rings. The van der Waals surface area contributed by atoms with E-state index >= 15 is 0 Å². The van der Waals surface area contributed by atoms with Gasteiger partial charge in [0.2, 0.25) is 10.0 Å². The molecule has 2 aromatic carbocycles. The molecule has 0 radical (unpaired) electrons. The quantitative estimate of drug-likeness (QED) is 0.750. The number of amides is 1. The van der Waals surface area contributed by atoms with Crippen LogP contribution in [0.1, 0.15) is 42.2 Å². The molecule has 26 heavy (non-hydrogen) atoms. The van der Waals surface area contributed by atoms with Crippen LogP contribution in [-0.4, -0.2) is 21.4 Å². The Balaban J connectivity index is 2.33. The van der Waals surface area contributed by atoms with Crippen LogP contribution in [0.2, 0.25) is 5.02 Å². The minimum atomic E-state index is -3.66. The summed E-state index contributed by atoms with van der Waals surface area (Å²) in [6.45, 7) is 4.16. The minimum absolute atomic E-state index is 0.00493. The summed E-state index contributed by atoms with van der Waals surface area (Å²) in [6.07, 6.45) is 0.752. The highest BCUT2D eigenvalue weighted by atomic mass is 35.5. The van der Waals surface area contributed by atoms with E-state index < -0.39 is 15.9 Å². The molecule has 0 heterocycles. The summed E-state index contributed by atoms with van der Waals surface area (Å²) >= 11 is 6.14. The molecule has 0 aliphatic rings. The number of carbonyl (C=O) groups excluding carboxylic acids is 1. The second-order valence-corrected chi connectivity index (χ2v) is 8.71. The Kier molecular flexibility index (Phi) is 6.81. The maximum Gasteiger partial charge on any atom is 0.253 e.